The van der Waals surface area contributed by atoms with Gasteiger partial charge in [0.1, 0.15) is 11.4 Å². The van der Waals surface area contributed by atoms with Gasteiger partial charge in [0.15, 0.2) is 0 Å². The number of carbonyl (C=O) groups excluding carboxylic acids is 1. The third-order valence-corrected chi connectivity index (χ3v) is 4.58. The average molecular weight is 236 g/mol. The quantitative estimate of drug-likeness (QED) is 0.766. The number of urea groups is 1. The highest BCUT2D eigenvalue weighted by Crippen LogP contribution is 2.42. The van der Waals surface area contributed by atoms with Gasteiger partial charge in [-0.05, 0) is 25.8 Å². The summed E-state index contributed by atoms with van der Waals surface area (Å²) in [6, 6.07) is -0.121. The lowest BCUT2D eigenvalue weighted by Crippen LogP contribution is -2.62. The summed E-state index contributed by atoms with van der Waals surface area (Å²) in [5.74, 6) is 1.06. The second kappa shape index (κ2) is 3.70. The molecule has 3 unspecified atom stereocenters. The van der Waals surface area contributed by atoms with Crippen LogP contribution in [0.25, 0.3) is 0 Å². The maximum absolute atomic E-state index is 12.0. The number of nitrogens with zero attached hydrogens (tertiary/aromatic N) is 3. The molecule has 0 aliphatic carbocycles. The van der Waals surface area contributed by atoms with Gasteiger partial charge >= 0.3 is 6.03 Å². The van der Waals surface area contributed by atoms with Crippen molar-refractivity contribution in [3.63, 3.8) is 0 Å². The largest absolute Gasteiger partial charge is 0.385 e. The summed E-state index contributed by atoms with van der Waals surface area (Å²) in [5, 5.41) is 0. The average Bonchev–Trinajstić information content (AvgIpc) is 2.79. The molecule has 2 N–H and O–H groups in total. The van der Waals surface area contributed by atoms with Crippen LogP contribution in [0.1, 0.15) is 26.2 Å². The van der Waals surface area contributed by atoms with Crippen LogP contribution in [0.15, 0.2) is 4.99 Å². The molecule has 0 aromatic heterocycles. The Morgan fingerprint density at radius 3 is 3.12 bits per heavy atom. The van der Waals surface area contributed by atoms with E-state index in [2.05, 4.69) is 16.8 Å². The van der Waals surface area contributed by atoms with E-state index in [1.807, 2.05) is 4.90 Å². The minimum Gasteiger partial charge on any atom is -0.385 e. The maximum atomic E-state index is 12.0. The molecule has 3 rings (SSSR count). The molecule has 3 heterocycles. The van der Waals surface area contributed by atoms with Crippen molar-refractivity contribution in [2.75, 3.05) is 26.2 Å². The van der Waals surface area contributed by atoms with Gasteiger partial charge < -0.3 is 15.5 Å². The summed E-state index contributed by atoms with van der Waals surface area (Å²) in [6.45, 7) is 6.14. The van der Waals surface area contributed by atoms with E-state index in [4.69, 9.17) is 5.73 Å². The Morgan fingerprint density at radius 1 is 1.53 bits per heavy atom. The van der Waals surface area contributed by atoms with Crippen LogP contribution in [-0.2, 0) is 0 Å². The summed E-state index contributed by atoms with van der Waals surface area (Å²) in [7, 11) is 0. The normalized spacial score (nSPS) is 40.2. The minimum absolute atomic E-state index is 0.121. The Bertz CT molecular complexity index is 381. The zero-order valence-electron chi connectivity index (χ0n) is 10.4. The standard InChI is InChI=1S/C12H20N4O/c1-2-5-16-11(17)14-10(13)12(16)4-7-15-6-3-9(12)8-15/h9H,2-8H2,1H3,(H2,13,14,17). The van der Waals surface area contributed by atoms with Crippen LogP contribution in [0.4, 0.5) is 4.79 Å². The molecule has 2 bridgehead atoms. The molecule has 2 amide bonds. The first-order valence-corrected chi connectivity index (χ1v) is 6.57. The van der Waals surface area contributed by atoms with Gasteiger partial charge in [-0.3, -0.25) is 0 Å². The van der Waals surface area contributed by atoms with Crippen molar-refractivity contribution in [2.24, 2.45) is 16.6 Å². The first-order chi connectivity index (χ1) is 8.18. The van der Waals surface area contributed by atoms with Crippen LogP contribution in [0.5, 0.6) is 0 Å². The second-order valence-electron chi connectivity index (χ2n) is 5.39. The van der Waals surface area contributed by atoms with Gasteiger partial charge in [0.05, 0.1) is 0 Å². The summed E-state index contributed by atoms with van der Waals surface area (Å²) < 4.78 is 0. The van der Waals surface area contributed by atoms with Gasteiger partial charge in [0.25, 0.3) is 0 Å². The second-order valence-corrected chi connectivity index (χ2v) is 5.39. The predicted molar refractivity (Wildman–Crippen MR) is 65.9 cm³/mol. The third-order valence-electron chi connectivity index (χ3n) is 4.58. The molecule has 2 fully saturated rings. The lowest BCUT2D eigenvalue weighted by Gasteiger charge is -2.45. The number of rotatable bonds is 2. The summed E-state index contributed by atoms with van der Waals surface area (Å²) in [5.41, 5.74) is 5.86. The third kappa shape index (κ3) is 1.35. The topological polar surface area (TPSA) is 61.9 Å². The molecule has 5 nitrogen and oxygen atoms in total. The molecule has 2 saturated heterocycles. The van der Waals surface area contributed by atoms with E-state index in [9.17, 15) is 4.79 Å². The molecule has 17 heavy (non-hydrogen) atoms. The SMILES string of the molecule is CCCN1C(=O)N=C(N)C12CCN1CCC2C1. The smallest absolute Gasteiger partial charge is 0.346 e. The van der Waals surface area contributed by atoms with Crippen molar-refractivity contribution >= 4 is 11.9 Å². The lowest BCUT2D eigenvalue weighted by atomic mass is 9.77. The molecule has 94 valence electrons. The van der Waals surface area contributed by atoms with Crippen molar-refractivity contribution in [1.82, 2.24) is 9.80 Å². The molecule has 3 aliphatic rings. The van der Waals surface area contributed by atoms with Crippen LogP contribution in [0.3, 0.4) is 0 Å². The molecule has 1 spiro atoms. The Morgan fingerprint density at radius 2 is 2.35 bits per heavy atom. The van der Waals surface area contributed by atoms with Crippen molar-refractivity contribution in [1.29, 1.82) is 0 Å². The van der Waals surface area contributed by atoms with Crippen molar-refractivity contribution in [2.45, 2.75) is 31.7 Å². The molecule has 3 atom stereocenters. The Labute approximate surface area is 102 Å². The minimum atomic E-state index is -0.250. The van der Waals surface area contributed by atoms with Gasteiger partial charge in [-0.25, -0.2) is 4.79 Å². The number of amides is 2. The van der Waals surface area contributed by atoms with E-state index >= 15 is 0 Å². The van der Waals surface area contributed by atoms with Crippen molar-refractivity contribution in [3.8, 4) is 0 Å². The number of nitrogens with two attached hydrogens (primary N) is 1. The number of carbonyl (C=O) groups is 1. The van der Waals surface area contributed by atoms with E-state index < -0.39 is 0 Å². The van der Waals surface area contributed by atoms with Crippen molar-refractivity contribution in [3.05, 3.63) is 0 Å². The first-order valence-electron chi connectivity index (χ1n) is 6.57. The van der Waals surface area contributed by atoms with Gasteiger partial charge in [0.2, 0.25) is 0 Å². The van der Waals surface area contributed by atoms with Crippen LogP contribution in [-0.4, -0.2) is 53.4 Å². The molecular formula is C12H20N4O. The number of aliphatic imine (C=N–C) groups is 1. The van der Waals surface area contributed by atoms with Crippen LogP contribution < -0.4 is 5.73 Å². The number of hydrogen-bond donors (Lipinski definition) is 1. The molecule has 5 heteroatoms. The fourth-order valence-electron chi connectivity index (χ4n) is 3.74. The van der Waals surface area contributed by atoms with E-state index in [1.165, 1.54) is 0 Å². The monoisotopic (exact) mass is 236 g/mol. The zero-order chi connectivity index (χ0) is 12.0. The number of fused-ring (bicyclic) bond motifs is 3. The van der Waals surface area contributed by atoms with Gasteiger partial charge in [-0.1, -0.05) is 6.92 Å². The van der Waals surface area contributed by atoms with Gasteiger partial charge in [-0.15, -0.1) is 0 Å². The van der Waals surface area contributed by atoms with Crippen molar-refractivity contribution < 1.29 is 4.79 Å². The number of amidine groups is 1. The van der Waals surface area contributed by atoms with E-state index in [0.717, 1.165) is 45.4 Å². The maximum Gasteiger partial charge on any atom is 0.346 e. The number of piperidine rings is 1. The Kier molecular flexibility index (Phi) is 2.40. The van der Waals surface area contributed by atoms with E-state index in [1.54, 1.807) is 0 Å². The van der Waals surface area contributed by atoms with E-state index in [-0.39, 0.29) is 11.6 Å². The molecular weight excluding hydrogens is 216 g/mol. The van der Waals surface area contributed by atoms with Crippen LogP contribution in [0.2, 0.25) is 0 Å². The first kappa shape index (κ1) is 11.0. The molecule has 0 saturated carbocycles. The fourth-order valence-corrected chi connectivity index (χ4v) is 3.74. The Hall–Kier alpha value is -1.10. The van der Waals surface area contributed by atoms with Gasteiger partial charge in [0, 0.05) is 25.6 Å². The molecule has 0 aromatic rings. The highest BCUT2D eigenvalue weighted by Gasteiger charge is 2.56. The molecule has 3 aliphatic heterocycles. The highest BCUT2D eigenvalue weighted by molar-refractivity contribution is 6.06. The lowest BCUT2D eigenvalue weighted by molar-refractivity contribution is 0.0911. The predicted octanol–water partition coefficient (Wildman–Crippen LogP) is 0.654. The van der Waals surface area contributed by atoms with Crippen LogP contribution in [0, 0.1) is 5.92 Å². The molecule has 0 aromatic carbocycles. The zero-order valence-corrected chi connectivity index (χ0v) is 10.4. The van der Waals surface area contributed by atoms with Crippen LogP contribution >= 0.6 is 0 Å². The van der Waals surface area contributed by atoms with Gasteiger partial charge in [-0.2, -0.15) is 4.99 Å². The fraction of sp³-hybridized carbons (Fsp3) is 0.833. The Balaban J connectivity index is 1.97. The highest BCUT2D eigenvalue weighted by atomic mass is 16.2. The summed E-state index contributed by atoms with van der Waals surface area (Å²) in [4.78, 5) is 20.4. The summed E-state index contributed by atoms with van der Waals surface area (Å²) in [6.07, 6.45) is 3.06. The van der Waals surface area contributed by atoms with E-state index in [0.29, 0.717) is 11.8 Å². The number of hydrogen-bond acceptors (Lipinski definition) is 3. The summed E-state index contributed by atoms with van der Waals surface area (Å²) >= 11 is 0. The molecule has 0 radical (unpaired) electrons.